The van der Waals surface area contributed by atoms with Gasteiger partial charge in [0.2, 0.25) is 11.7 Å². The van der Waals surface area contributed by atoms with Crippen LogP contribution in [0.25, 0.3) is 22.8 Å². The van der Waals surface area contributed by atoms with Gasteiger partial charge in [0.1, 0.15) is 10.8 Å². The lowest BCUT2D eigenvalue weighted by atomic mass is 10.1. The van der Waals surface area contributed by atoms with Gasteiger partial charge in [0, 0.05) is 10.4 Å². The minimum atomic E-state index is -0.106. The number of amides is 1. The summed E-state index contributed by atoms with van der Waals surface area (Å²) in [5.41, 5.74) is 4.75. The molecule has 1 N–H and O–H groups in total. The number of nitrogens with zero attached hydrogens (tertiary/aromatic N) is 2. The molecule has 7 heteroatoms. The Morgan fingerprint density at radius 2 is 1.77 bits per heavy atom. The van der Waals surface area contributed by atoms with E-state index in [9.17, 15) is 4.79 Å². The van der Waals surface area contributed by atoms with Gasteiger partial charge in [-0.1, -0.05) is 47.1 Å². The van der Waals surface area contributed by atoms with Gasteiger partial charge in [-0.3, -0.25) is 4.79 Å². The highest BCUT2D eigenvalue weighted by molar-refractivity contribution is 7.17. The molecule has 0 fully saturated rings. The van der Waals surface area contributed by atoms with E-state index in [1.807, 2.05) is 69.3 Å². The summed E-state index contributed by atoms with van der Waals surface area (Å²) in [5.74, 6) is 1.58. The largest absolute Gasteiger partial charge is 0.497 e. The van der Waals surface area contributed by atoms with Crippen LogP contribution in [-0.2, 0) is 11.2 Å². The summed E-state index contributed by atoms with van der Waals surface area (Å²) >= 11 is 1.51. The molecule has 0 saturated heterocycles. The summed E-state index contributed by atoms with van der Waals surface area (Å²) in [6, 6.07) is 15.4. The number of aryl methyl sites for hydroxylation is 2. The second-order valence-corrected chi connectivity index (χ2v) is 8.57. The molecule has 0 aliphatic rings. The number of rotatable bonds is 6. The maximum atomic E-state index is 12.7. The van der Waals surface area contributed by atoms with Crippen LogP contribution in [0.2, 0.25) is 0 Å². The maximum absolute atomic E-state index is 12.7. The van der Waals surface area contributed by atoms with E-state index < -0.39 is 0 Å². The first-order chi connectivity index (χ1) is 14.9. The fourth-order valence-electron chi connectivity index (χ4n) is 3.22. The molecule has 0 aliphatic carbocycles. The monoisotopic (exact) mass is 433 g/mol. The van der Waals surface area contributed by atoms with Gasteiger partial charge in [0.25, 0.3) is 5.89 Å². The van der Waals surface area contributed by atoms with Crippen molar-refractivity contribution in [1.82, 2.24) is 10.1 Å². The van der Waals surface area contributed by atoms with Crippen LogP contribution in [0.4, 0.5) is 5.00 Å². The number of ether oxygens (including phenoxy) is 1. The van der Waals surface area contributed by atoms with Crippen molar-refractivity contribution in [2.24, 2.45) is 0 Å². The van der Waals surface area contributed by atoms with Crippen molar-refractivity contribution in [3.8, 4) is 28.6 Å². The molecular weight excluding hydrogens is 410 g/mol. The van der Waals surface area contributed by atoms with Gasteiger partial charge in [-0.25, -0.2) is 0 Å². The highest BCUT2D eigenvalue weighted by Gasteiger charge is 2.22. The molecule has 158 valence electrons. The average molecular weight is 434 g/mol. The number of carbonyl (C=O) groups is 1. The summed E-state index contributed by atoms with van der Waals surface area (Å²) < 4.78 is 10.7. The van der Waals surface area contributed by atoms with E-state index in [-0.39, 0.29) is 12.3 Å². The van der Waals surface area contributed by atoms with Crippen molar-refractivity contribution in [3.63, 3.8) is 0 Å². The molecule has 0 spiro atoms. The van der Waals surface area contributed by atoms with Crippen molar-refractivity contribution >= 4 is 22.2 Å². The number of benzene rings is 2. The SMILES string of the molecule is COc1ccc(CC(=O)Nc2sc(C)c(C)c2-c2nc(-c3ccc(C)cc3)no2)cc1. The van der Waals surface area contributed by atoms with E-state index in [1.165, 1.54) is 16.9 Å². The average Bonchev–Trinajstić information content (AvgIpc) is 3.34. The lowest BCUT2D eigenvalue weighted by Gasteiger charge is -2.06. The predicted molar refractivity (Wildman–Crippen MR) is 123 cm³/mol. The first-order valence-corrected chi connectivity index (χ1v) is 10.7. The molecule has 2 heterocycles. The van der Waals surface area contributed by atoms with E-state index in [1.54, 1.807) is 7.11 Å². The maximum Gasteiger partial charge on any atom is 0.261 e. The quantitative estimate of drug-likeness (QED) is 0.429. The number of anilines is 1. The normalized spacial score (nSPS) is 10.8. The van der Waals surface area contributed by atoms with Gasteiger partial charge in [0.15, 0.2) is 0 Å². The van der Waals surface area contributed by atoms with Crippen molar-refractivity contribution < 1.29 is 14.1 Å². The smallest absolute Gasteiger partial charge is 0.261 e. The third kappa shape index (κ3) is 4.51. The first kappa shape index (κ1) is 20.8. The Hall–Kier alpha value is -3.45. The molecule has 0 atom stereocenters. The van der Waals surface area contributed by atoms with Gasteiger partial charge in [-0.2, -0.15) is 4.98 Å². The lowest BCUT2D eigenvalue weighted by Crippen LogP contribution is -2.14. The Morgan fingerprint density at radius 3 is 2.45 bits per heavy atom. The Kier molecular flexibility index (Phi) is 5.86. The van der Waals surface area contributed by atoms with E-state index in [4.69, 9.17) is 9.26 Å². The van der Waals surface area contributed by atoms with Crippen LogP contribution in [0.1, 0.15) is 21.6 Å². The van der Waals surface area contributed by atoms with Gasteiger partial charge < -0.3 is 14.6 Å². The number of carbonyl (C=O) groups excluding carboxylic acids is 1. The van der Waals surface area contributed by atoms with Crippen LogP contribution in [0.5, 0.6) is 5.75 Å². The fourth-order valence-corrected chi connectivity index (χ4v) is 4.29. The molecule has 4 aromatic rings. The lowest BCUT2D eigenvalue weighted by molar-refractivity contribution is -0.115. The molecule has 4 rings (SSSR count). The summed E-state index contributed by atoms with van der Waals surface area (Å²) in [4.78, 5) is 18.4. The molecule has 6 nitrogen and oxygen atoms in total. The molecule has 31 heavy (non-hydrogen) atoms. The Balaban J connectivity index is 1.57. The number of thiophene rings is 1. The summed E-state index contributed by atoms with van der Waals surface area (Å²) in [5, 5.41) is 7.88. The summed E-state index contributed by atoms with van der Waals surface area (Å²) in [7, 11) is 1.62. The highest BCUT2D eigenvalue weighted by Crippen LogP contribution is 2.40. The van der Waals surface area contributed by atoms with Crippen molar-refractivity contribution in [2.75, 3.05) is 12.4 Å². The first-order valence-electron chi connectivity index (χ1n) is 9.88. The molecule has 0 bridgehead atoms. The molecule has 0 unspecified atom stereocenters. The molecular formula is C24H23N3O3S. The van der Waals surface area contributed by atoms with Crippen LogP contribution >= 0.6 is 11.3 Å². The van der Waals surface area contributed by atoms with E-state index in [0.29, 0.717) is 16.7 Å². The number of aromatic nitrogens is 2. The van der Waals surface area contributed by atoms with Gasteiger partial charge in [-0.15, -0.1) is 11.3 Å². The standard InChI is InChI=1S/C24H23N3O3S/c1-14-5-9-18(10-6-14)22-26-23(30-27-22)21-15(2)16(3)31-24(21)25-20(28)13-17-7-11-19(29-4)12-8-17/h5-12H,13H2,1-4H3,(H,25,28). The fraction of sp³-hybridized carbons (Fsp3) is 0.208. The van der Waals surface area contributed by atoms with Crippen LogP contribution < -0.4 is 10.1 Å². The van der Waals surface area contributed by atoms with Gasteiger partial charge >= 0.3 is 0 Å². The van der Waals surface area contributed by atoms with Gasteiger partial charge in [0.05, 0.1) is 19.1 Å². The van der Waals surface area contributed by atoms with Crippen molar-refractivity contribution in [2.45, 2.75) is 27.2 Å². The zero-order valence-electron chi connectivity index (χ0n) is 17.9. The third-order valence-electron chi connectivity index (χ3n) is 5.11. The highest BCUT2D eigenvalue weighted by atomic mass is 32.1. The van der Waals surface area contributed by atoms with E-state index in [0.717, 1.165) is 32.9 Å². The van der Waals surface area contributed by atoms with E-state index in [2.05, 4.69) is 15.5 Å². The van der Waals surface area contributed by atoms with Crippen molar-refractivity contribution in [1.29, 1.82) is 0 Å². The van der Waals surface area contributed by atoms with Crippen molar-refractivity contribution in [3.05, 3.63) is 70.1 Å². The Morgan fingerprint density at radius 1 is 1.06 bits per heavy atom. The Bertz CT molecular complexity index is 1210. The number of hydrogen-bond acceptors (Lipinski definition) is 6. The zero-order valence-corrected chi connectivity index (χ0v) is 18.7. The minimum absolute atomic E-state index is 0.106. The third-order valence-corrected chi connectivity index (χ3v) is 6.23. The number of methoxy groups -OCH3 is 1. The molecule has 0 radical (unpaired) electrons. The second kappa shape index (κ2) is 8.73. The topological polar surface area (TPSA) is 77.2 Å². The molecule has 1 amide bonds. The van der Waals surface area contributed by atoms with Crippen LogP contribution in [0.15, 0.2) is 53.1 Å². The Labute approximate surface area is 184 Å². The minimum Gasteiger partial charge on any atom is -0.497 e. The molecule has 0 saturated carbocycles. The number of hydrogen-bond donors (Lipinski definition) is 1. The molecule has 2 aromatic heterocycles. The molecule has 2 aromatic carbocycles. The van der Waals surface area contributed by atoms with Crippen LogP contribution in [0.3, 0.4) is 0 Å². The predicted octanol–water partition coefficient (Wildman–Crippen LogP) is 5.58. The molecule has 0 aliphatic heterocycles. The van der Waals surface area contributed by atoms with Crippen LogP contribution in [0, 0.1) is 20.8 Å². The number of nitrogens with one attached hydrogen (secondary N) is 1. The van der Waals surface area contributed by atoms with Crippen LogP contribution in [-0.4, -0.2) is 23.2 Å². The van der Waals surface area contributed by atoms with E-state index >= 15 is 0 Å². The second-order valence-electron chi connectivity index (χ2n) is 7.35. The van der Waals surface area contributed by atoms with Gasteiger partial charge in [-0.05, 0) is 44.0 Å². The summed E-state index contributed by atoms with van der Waals surface area (Å²) in [6.07, 6.45) is 0.262. The zero-order chi connectivity index (χ0) is 22.0. The summed E-state index contributed by atoms with van der Waals surface area (Å²) in [6.45, 7) is 6.04.